The molecule has 0 unspecified atom stereocenters. The first-order chi connectivity index (χ1) is 12.6. The molecule has 26 heavy (non-hydrogen) atoms. The lowest BCUT2D eigenvalue weighted by Gasteiger charge is -2.03. The minimum absolute atomic E-state index is 0.211. The number of amides is 1. The monoisotopic (exact) mass is 350 g/mol. The lowest BCUT2D eigenvalue weighted by atomic mass is 10.2. The summed E-state index contributed by atoms with van der Waals surface area (Å²) in [5, 5.41) is 10.9. The molecule has 1 amide bonds. The van der Waals surface area contributed by atoms with Crippen LogP contribution in [-0.4, -0.2) is 30.4 Å². The van der Waals surface area contributed by atoms with Crippen LogP contribution in [0.2, 0.25) is 0 Å². The number of anilines is 1. The van der Waals surface area contributed by atoms with Crippen LogP contribution in [-0.2, 0) is 13.6 Å². The third kappa shape index (κ3) is 2.65. The molecule has 0 fully saturated rings. The van der Waals surface area contributed by atoms with E-state index in [1.165, 1.54) is 0 Å². The highest BCUT2D eigenvalue weighted by molar-refractivity contribution is 6.04. The Morgan fingerprint density at radius 3 is 2.88 bits per heavy atom. The van der Waals surface area contributed by atoms with Crippen LogP contribution in [0, 0.1) is 6.92 Å². The number of carbonyl (C=O) groups excluding carboxylic acids is 1. The number of fused-ring (bicyclic) bond motifs is 1. The van der Waals surface area contributed by atoms with E-state index in [1.54, 1.807) is 23.3 Å². The van der Waals surface area contributed by atoms with Gasteiger partial charge in [-0.2, -0.15) is 5.10 Å². The van der Waals surface area contributed by atoms with E-state index in [2.05, 4.69) is 27.5 Å². The summed E-state index contributed by atoms with van der Waals surface area (Å²) >= 11 is 0. The maximum Gasteiger partial charge on any atom is 0.277 e. The molecule has 8 nitrogen and oxygen atoms in total. The highest BCUT2D eigenvalue weighted by Gasteiger charge is 2.17. The number of aromatic nitrogens is 5. The summed E-state index contributed by atoms with van der Waals surface area (Å²) < 4.78 is 9.09. The molecule has 4 aromatic rings. The Kier molecular flexibility index (Phi) is 3.80. The number of carbonyl (C=O) groups is 1. The zero-order chi connectivity index (χ0) is 18.3. The zero-order valence-corrected chi connectivity index (χ0v) is 14.7. The minimum Gasteiger partial charge on any atom is -0.355 e. The summed E-state index contributed by atoms with van der Waals surface area (Å²) in [6.45, 7) is 4.83. The molecule has 0 bridgehead atoms. The highest BCUT2D eigenvalue weighted by atomic mass is 16.5. The van der Waals surface area contributed by atoms with E-state index in [0.29, 0.717) is 11.4 Å². The highest BCUT2D eigenvalue weighted by Crippen LogP contribution is 2.24. The van der Waals surface area contributed by atoms with Gasteiger partial charge in [0.05, 0.1) is 29.1 Å². The van der Waals surface area contributed by atoms with Crippen molar-refractivity contribution < 1.29 is 9.32 Å². The number of imidazole rings is 1. The van der Waals surface area contributed by atoms with Gasteiger partial charge in [-0.05, 0) is 32.0 Å². The van der Waals surface area contributed by atoms with Crippen LogP contribution < -0.4 is 5.32 Å². The number of hydrogen-bond acceptors (Lipinski definition) is 5. The van der Waals surface area contributed by atoms with Crippen molar-refractivity contribution in [3.05, 3.63) is 48.2 Å². The maximum absolute atomic E-state index is 12.5. The summed E-state index contributed by atoms with van der Waals surface area (Å²) in [6, 6.07) is 7.24. The van der Waals surface area contributed by atoms with E-state index in [4.69, 9.17) is 4.52 Å². The molecular weight excluding hydrogens is 332 g/mol. The van der Waals surface area contributed by atoms with E-state index in [-0.39, 0.29) is 11.6 Å². The Morgan fingerprint density at radius 2 is 2.15 bits per heavy atom. The molecule has 0 aliphatic carbocycles. The Balaban J connectivity index is 1.56. The Hall–Kier alpha value is -3.42. The summed E-state index contributed by atoms with van der Waals surface area (Å²) in [5.74, 6) is 0.175. The van der Waals surface area contributed by atoms with Gasteiger partial charge in [0.15, 0.2) is 11.5 Å². The second kappa shape index (κ2) is 6.14. The molecule has 0 saturated heterocycles. The van der Waals surface area contributed by atoms with Crippen molar-refractivity contribution in [1.82, 2.24) is 24.5 Å². The van der Waals surface area contributed by atoms with Crippen molar-refractivity contribution in [3.8, 4) is 11.3 Å². The third-order valence-electron chi connectivity index (χ3n) is 4.46. The second-order valence-electron chi connectivity index (χ2n) is 6.03. The number of nitrogens with zero attached hydrogens (tertiary/aromatic N) is 5. The number of aryl methyl sites for hydroxylation is 2. The first kappa shape index (κ1) is 16.1. The molecular formula is C18H18N6O2. The van der Waals surface area contributed by atoms with Crippen molar-refractivity contribution in [2.75, 3.05) is 5.32 Å². The smallest absolute Gasteiger partial charge is 0.277 e. The van der Waals surface area contributed by atoms with E-state index in [9.17, 15) is 4.79 Å². The first-order valence-electron chi connectivity index (χ1n) is 8.28. The lowest BCUT2D eigenvalue weighted by molar-refractivity contribution is 0.101. The van der Waals surface area contributed by atoms with Crippen LogP contribution >= 0.6 is 0 Å². The largest absolute Gasteiger partial charge is 0.355 e. The molecule has 132 valence electrons. The fraction of sp³-hybridized carbons (Fsp3) is 0.222. The molecule has 3 aromatic heterocycles. The minimum atomic E-state index is -0.337. The molecule has 4 rings (SSSR count). The first-order valence-corrected chi connectivity index (χ1v) is 8.28. The van der Waals surface area contributed by atoms with E-state index in [1.807, 2.05) is 36.7 Å². The van der Waals surface area contributed by atoms with E-state index >= 15 is 0 Å². The van der Waals surface area contributed by atoms with Crippen molar-refractivity contribution in [2.45, 2.75) is 20.4 Å². The Bertz CT molecular complexity index is 1100. The van der Waals surface area contributed by atoms with Gasteiger partial charge in [-0.25, -0.2) is 4.98 Å². The van der Waals surface area contributed by atoms with Gasteiger partial charge in [0.1, 0.15) is 0 Å². The fourth-order valence-electron chi connectivity index (χ4n) is 2.84. The maximum atomic E-state index is 12.5. The van der Waals surface area contributed by atoms with Crippen molar-refractivity contribution in [2.24, 2.45) is 7.05 Å². The van der Waals surface area contributed by atoms with Gasteiger partial charge in [-0.3, -0.25) is 9.48 Å². The van der Waals surface area contributed by atoms with Crippen LogP contribution in [0.25, 0.3) is 22.4 Å². The van der Waals surface area contributed by atoms with Gasteiger partial charge in [0, 0.05) is 31.0 Å². The van der Waals surface area contributed by atoms with Crippen LogP contribution in [0.4, 0.5) is 5.69 Å². The average molecular weight is 350 g/mol. The summed E-state index contributed by atoms with van der Waals surface area (Å²) in [7, 11) is 1.85. The quantitative estimate of drug-likeness (QED) is 0.611. The van der Waals surface area contributed by atoms with E-state index < -0.39 is 0 Å². The van der Waals surface area contributed by atoms with Crippen LogP contribution in [0.3, 0.4) is 0 Å². The summed E-state index contributed by atoms with van der Waals surface area (Å²) in [4.78, 5) is 16.8. The number of nitrogens with one attached hydrogen (secondary N) is 1. The summed E-state index contributed by atoms with van der Waals surface area (Å²) in [6.07, 6.45) is 3.48. The lowest BCUT2D eigenvalue weighted by Crippen LogP contribution is -2.12. The standard InChI is InChI=1S/C18H18N6O2/c1-4-24-10-19-14-7-12(5-6-16(14)24)21-18(25)15-8-17(26-22-15)13-9-20-23(3)11(13)2/h5-10H,4H2,1-3H3,(H,21,25). The van der Waals surface area contributed by atoms with Gasteiger partial charge >= 0.3 is 0 Å². The molecule has 0 atom stereocenters. The van der Waals surface area contributed by atoms with Crippen LogP contribution in [0.1, 0.15) is 23.1 Å². The molecule has 0 aliphatic rings. The molecule has 0 saturated carbocycles. The Morgan fingerprint density at radius 1 is 1.31 bits per heavy atom. The number of benzene rings is 1. The summed E-state index contributed by atoms with van der Waals surface area (Å²) in [5.41, 5.74) is 4.47. The van der Waals surface area contributed by atoms with Crippen molar-refractivity contribution in [3.63, 3.8) is 0 Å². The molecule has 0 aliphatic heterocycles. The van der Waals surface area contributed by atoms with Gasteiger partial charge in [-0.15, -0.1) is 0 Å². The normalized spacial score (nSPS) is 11.2. The SMILES string of the molecule is CCn1cnc2cc(NC(=O)c3cc(-c4cnn(C)c4C)on3)ccc21. The molecule has 0 spiro atoms. The zero-order valence-electron chi connectivity index (χ0n) is 14.7. The predicted molar refractivity (Wildman–Crippen MR) is 96.8 cm³/mol. The van der Waals surface area contributed by atoms with Gasteiger partial charge in [0.25, 0.3) is 5.91 Å². The number of hydrogen-bond donors (Lipinski definition) is 1. The number of rotatable bonds is 4. The van der Waals surface area contributed by atoms with Gasteiger partial charge < -0.3 is 14.4 Å². The molecule has 8 heteroatoms. The fourth-order valence-corrected chi connectivity index (χ4v) is 2.84. The van der Waals surface area contributed by atoms with Crippen LogP contribution in [0.15, 0.2) is 41.3 Å². The van der Waals surface area contributed by atoms with Crippen molar-refractivity contribution >= 4 is 22.6 Å². The van der Waals surface area contributed by atoms with Crippen LogP contribution in [0.5, 0.6) is 0 Å². The topological polar surface area (TPSA) is 90.8 Å². The Labute approximate surface area is 149 Å². The molecule has 1 aromatic carbocycles. The average Bonchev–Trinajstić information content (AvgIpc) is 3.34. The molecule has 3 heterocycles. The molecule has 1 N–H and O–H groups in total. The second-order valence-corrected chi connectivity index (χ2v) is 6.03. The van der Waals surface area contributed by atoms with E-state index in [0.717, 1.165) is 28.8 Å². The van der Waals surface area contributed by atoms with Gasteiger partial charge in [-0.1, -0.05) is 5.16 Å². The van der Waals surface area contributed by atoms with Crippen molar-refractivity contribution in [1.29, 1.82) is 0 Å². The molecule has 0 radical (unpaired) electrons. The third-order valence-corrected chi connectivity index (χ3v) is 4.46. The predicted octanol–water partition coefficient (Wildman–Crippen LogP) is 3.01. The van der Waals surface area contributed by atoms with Gasteiger partial charge in [0.2, 0.25) is 0 Å².